The first-order valence-corrected chi connectivity index (χ1v) is 40.1. The molecule has 0 aliphatic heterocycles. The summed E-state index contributed by atoms with van der Waals surface area (Å²) in [6.45, 7) is 9.61. The molecule has 0 saturated carbocycles. The molecule has 0 heterocycles. The van der Waals surface area contributed by atoms with Gasteiger partial charge in [0.1, 0.15) is 19.3 Å². The highest BCUT2D eigenvalue weighted by atomic mass is 31.2. The molecule has 7 atom stereocenters. The van der Waals surface area contributed by atoms with E-state index in [0.717, 1.165) is 102 Å². The molecule has 0 aromatic carbocycles. The molecule has 0 aliphatic rings. The number of rotatable bonds is 70. The number of aliphatic hydroxyl groups is 1. The van der Waals surface area contributed by atoms with Gasteiger partial charge in [-0.2, -0.15) is 0 Å². The van der Waals surface area contributed by atoms with Crippen LogP contribution in [-0.4, -0.2) is 96.7 Å². The van der Waals surface area contributed by atoms with Crippen molar-refractivity contribution in [2.75, 3.05) is 39.6 Å². The summed E-state index contributed by atoms with van der Waals surface area (Å²) in [6.07, 6.45) is 48.4. The van der Waals surface area contributed by atoms with Gasteiger partial charge in [0.05, 0.1) is 26.4 Å². The van der Waals surface area contributed by atoms with Gasteiger partial charge in [0.25, 0.3) is 0 Å². The number of esters is 4. The lowest BCUT2D eigenvalue weighted by Crippen LogP contribution is -2.30. The van der Waals surface area contributed by atoms with Crippen LogP contribution in [0.25, 0.3) is 0 Å². The molecule has 0 fully saturated rings. The predicted octanol–water partition coefficient (Wildman–Crippen LogP) is 20.4. The van der Waals surface area contributed by atoms with E-state index in [1.807, 2.05) is 0 Å². The average Bonchev–Trinajstić information content (AvgIpc) is 2.69. The molecule has 0 aromatic heterocycles. The largest absolute Gasteiger partial charge is 0.472 e. The van der Waals surface area contributed by atoms with Crippen LogP contribution in [0.2, 0.25) is 0 Å². The zero-order valence-corrected chi connectivity index (χ0v) is 60.2. The Balaban J connectivity index is 5.21. The molecular formula is C71H138O17P2. The fourth-order valence-corrected chi connectivity index (χ4v) is 12.3. The summed E-state index contributed by atoms with van der Waals surface area (Å²) in [4.78, 5) is 72.5. The summed E-state index contributed by atoms with van der Waals surface area (Å²) in [7, 11) is -9.90. The maximum atomic E-state index is 13.0. The molecular weight excluding hydrogens is 1190 g/mol. The summed E-state index contributed by atoms with van der Waals surface area (Å²) < 4.78 is 68.2. The van der Waals surface area contributed by atoms with E-state index in [4.69, 9.17) is 37.0 Å². The number of carbonyl (C=O) groups is 4. The molecule has 4 unspecified atom stereocenters. The Morgan fingerprint density at radius 2 is 0.533 bits per heavy atom. The third-order valence-electron chi connectivity index (χ3n) is 17.2. The van der Waals surface area contributed by atoms with Crippen LogP contribution in [0.15, 0.2) is 0 Å². The summed E-state index contributed by atoms with van der Waals surface area (Å²) >= 11 is 0. The first-order chi connectivity index (χ1) is 43.4. The first-order valence-electron chi connectivity index (χ1n) is 37.1. The molecule has 0 aliphatic carbocycles. The predicted molar refractivity (Wildman–Crippen MR) is 363 cm³/mol. The number of aliphatic hydroxyl groups excluding tert-OH is 1. The van der Waals surface area contributed by atoms with Crippen LogP contribution >= 0.6 is 15.6 Å². The summed E-state index contributed by atoms with van der Waals surface area (Å²) in [5, 5.41) is 10.6. The Morgan fingerprint density at radius 3 is 0.789 bits per heavy atom. The second-order valence-corrected chi connectivity index (χ2v) is 29.0. The minimum absolute atomic E-state index is 0.106. The Morgan fingerprint density at radius 1 is 0.311 bits per heavy atom. The van der Waals surface area contributed by atoms with Crippen molar-refractivity contribution in [3.8, 4) is 0 Å². The molecule has 0 radical (unpaired) electrons. The quantitative estimate of drug-likeness (QED) is 0.0222. The van der Waals surface area contributed by atoms with Crippen molar-refractivity contribution in [2.45, 2.75) is 381 Å². The van der Waals surface area contributed by atoms with Crippen molar-refractivity contribution < 1.29 is 80.2 Å². The average molecular weight is 1330 g/mol. The van der Waals surface area contributed by atoms with Crippen molar-refractivity contribution in [3.63, 3.8) is 0 Å². The second-order valence-electron chi connectivity index (χ2n) is 26.1. The SMILES string of the molecule is CCCCCCCCCCCC(=O)OC[C@H](COP(=O)(O)OC[C@H](O)COP(=O)(O)OC[C@@H](COC(=O)CCCCCCCCCCCCC(C)CC)OC(=O)CCCCCCCCCCCCCCCCC(C)CC)OC(=O)CCCCCCCCCCC. The Kier molecular flexibility index (Phi) is 61.8. The highest BCUT2D eigenvalue weighted by molar-refractivity contribution is 7.47. The number of ether oxygens (including phenoxy) is 4. The Labute approximate surface area is 549 Å². The molecule has 3 N–H and O–H groups in total. The van der Waals surface area contributed by atoms with Crippen molar-refractivity contribution in [3.05, 3.63) is 0 Å². The van der Waals surface area contributed by atoms with E-state index in [2.05, 4.69) is 41.5 Å². The van der Waals surface area contributed by atoms with E-state index in [0.29, 0.717) is 25.7 Å². The topological polar surface area (TPSA) is 237 Å². The lowest BCUT2D eigenvalue weighted by Gasteiger charge is -2.21. The van der Waals surface area contributed by atoms with Gasteiger partial charge in [-0.15, -0.1) is 0 Å². The van der Waals surface area contributed by atoms with E-state index in [1.54, 1.807) is 0 Å². The molecule has 0 rings (SSSR count). The highest BCUT2D eigenvalue weighted by Gasteiger charge is 2.30. The van der Waals surface area contributed by atoms with E-state index in [1.165, 1.54) is 180 Å². The van der Waals surface area contributed by atoms with E-state index in [9.17, 15) is 43.2 Å². The third kappa shape index (κ3) is 62.2. The van der Waals surface area contributed by atoms with E-state index >= 15 is 0 Å². The van der Waals surface area contributed by atoms with Gasteiger partial charge in [0, 0.05) is 25.7 Å². The van der Waals surface area contributed by atoms with E-state index < -0.39 is 97.5 Å². The fraction of sp³-hybridized carbons (Fsp3) is 0.944. The summed E-state index contributed by atoms with van der Waals surface area (Å²) in [5.41, 5.74) is 0. The molecule has 17 nitrogen and oxygen atoms in total. The van der Waals surface area contributed by atoms with Crippen LogP contribution in [0.3, 0.4) is 0 Å². The lowest BCUT2D eigenvalue weighted by molar-refractivity contribution is -0.161. The molecule has 0 saturated heterocycles. The highest BCUT2D eigenvalue weighted by Crippen LogP contribution is 2.45. The van der Waals surface area contributed by atoms with Crippen molar-refractivity contribution >= 4 is 39.5 Å². The molecule has 0 amide bonds. The molecule has 0 bridgehead atoms. The second kappa shape index (κ2) is 63.1. The minimum atomic E-state index is -4.95. The minimum Gasteiger partial charge on any atom is -0.462 e. The van der Waals surface area contributed by atoms with Gasteiger partial charge in [-0.3, -0.25) is 37.3 Å². The maximum Gasteiger partial charge on any atom is 0.472 e. The summed E-state index contributed by atoms with van der Waals surface area (Å²) in [5.74, 6) is -0.469. The van der Waals surface area contributed by atoms with Crippen LogP contribution in [-0.2, 0) is 65.4 Å². The molecule has 90 heavy (non-hydrogen) atoms. The van der Waals surface area contributed by atoms with Gasteiger partial charge < -0.3 is 33.8 Å². The van der Waals surface area contributed by atoms with Crippen LogP contribution in [0, 0.1) is 11.8 Å². The van der Waals surface area contributed by atoms with Crippen molar-refractivity contribution in [1.82, 2.24) is 0 Å². The lowest BCUT2D eigenvalue weighted by atomic mass is 9.99. The number of hydrogen-bond donors (Lipinski definition) is 3. The van der Waals surface area contributed by atoms with Crippen molar-refractivity contribution in [1.29, 1.82) is 0 Å². The van der Waals surface area contributed by atoms with Crippen LogP contribution in [0.5, 0.6) is 0 Å². The summed E-state index contributed by atoms with van der Waals surface area (Å²) in [6, 6.07) is 0. The zero-order valence-electron chi connectivity index (χ0n) is 58.4. The van der Waals surface area contributed by atoms with E-state index in [-0.39, 0.29) is 25.7 Å². The van der Waals surface area contributed by atoms with Gasteiger partial charge >= 0.3 is 39.5 Å². The Hall–Kier alpha value is -1.94. The molecule has 534 valence electrons. The fourth-order valence-electron chi connectivity index (χ4n) is 10.7. The molecule has 0 aromatic rings. The van der Waals surface area contributed by atoms with Gasteiger partial charge in [-0.1, -0.05) is 311 Å². The number of unbranched alkanes of at least 4 members (excludes halogenated alkanes) is 38. The number of phosphoric ester groups is 2. The molecule has 0 spiro atoms. The standard InChI is InChI=1S/C71H138O17P2/c1-7-11-13-15-17-27-35-41-47-53-68(73)81-59-66(87-70(75)55-49-43-37-28-18-16-14-12-8-2)61-85-89(77,78)83-57-65(72)58-84-90(79,80)86-62-67(60-82-69(74)54-48-42-36-31-26-25-30-34-40-46-52-64(6)10-4)88-71(76)56-50-44-38-32-24-22-20-19-21-23-29-33-39-45-51-63(5)9-3/h63-67,72H,7-62H2,1-6H3,(H,77,78)(H,79,80)/t63?,64?,65-,66+,67+/m0/s1. The smallest absolute Gasteiger partial charge is 0.462 e. The zero-order chi connectivity index (χ0) is 66.5. The van der Waals surface area contributed by atoms with Gasteiger partial charge in [-0.25, -0.2) is 9.13 Å². The van der Waals surface area contributed by atoms with Gasteiger partial charge in [0.15, 0.2) is 12.2 Å². The maximum absolute atomic E-state index is 13.0. The molecule has 19 heteroatoms. The normalized spacial score (nSPS) is 14.7. The number of phosphoric acid groups is 2. The first kappa shape index (κ1) is 88.1. The van der Waals surface area contributed by atoms with Gasteiger partial charge in [-0.05, 0) is 37.5 Å². The number of hydrogen-bond acceptors (Lipinski definition) is 15. The third-order valence-corrected chi connectivity index (χ3v) is 19.1. The van der Waals surface area contributed by atoms with Crippen LogP contribution < -0.4 is 0 Å². The van der Waals surface area contributed by atoms with Crippen LogP contribution in [0.4, 0.5) is 0 Å². The number of carbonyl (C=O) groups excluding carboxylic acids is 4. The Bertz CT molecular complexity index is 1760. The van der Waals surface area contributed by atoms with Crippen LogP contribution in [0.1, 0.15) is 363 Å². The van der Waals surface area contributed by atoms with Crippen molar-refractivity contribution in [2.24, 2.45) is 11.8 Å². The monoisotopic (exact) mass is 1320 g/mol. The van der Waals surface area contributed by atoms with Gasteiger partial charge in [0.2, 0.25) is 0 Å².